The highest BCUT2D eigenvalue weighted by Crippen LogP contribution is 2.48. The van der Waals surface area contributed by atoms with Crippen LogP contribution in [0.15, 0.2) is 29.2 Å². The normalized spacial score (nSPS) is 12.9. The first kappa shape index (κ1) is 10.7. The Morgan fingerprint density at radius 1 is 1.35 bits per heavy atom. The van der Waals surface area contributed by atoms with Gasteiger partial charge >= 0.3 is 5.97 Å². The second-order valence-electron chi connectivity index (χ2n) is 3.74. The minimum atomic E-state index is -0.940. The van der Waals surface area contributed by atoms with Gasteiger partial charge in [-0.05, 0) is 6.07 Å². The third-order valence-electron chi connectivity index (χ3n) is 2.75. The molecule has 1 aliphatic heterocycles. The van der Waals surface area contributed by atoms with Gasteiger partial charge in [0.05, 0.1) is 5.69 Å². The van der Waals surface area contributed by atoms with Gasteiger partial charge in [-0.15, -0.1) is 23.1 Å². The van der Waals surface area contributed by atoms with E-state index in [0.717, 1.165) is 21.8 Å². The SMILES string of the molecule is Nc1c(C(=O)O)sc2c1CSc1ccccc1-2. The Balaban J connectivity index is 2.27. The Labute approximate surface area is 106 Å². The maximum Gasteiger partial charge on any atom is 0.348 e. The second-order valence-corrected chi connectivity index (χ2v) is 5.78. The number of anilines is 1. The largest absolute Gasteiger partial charge is 0.477 e. The van der Waals surface area contributed by atoms with Gasteiger partial charge in [-0.25, -0.2) is 4.79 Å². The van der Waals surface area contributed by atoms with Crippen molar-refractivity contribution in [1.82, 2.24) is 0 Å². The van der Waals surface area contributed by atoms with Gasteiger partial charge in [0.25, 0.3) is 0 Å². The van der Waals surface area contributed by atoms with Crippen LogP contribution < -0.4 is 5.73 Å². The molecule has 0 atom stereocenters. The van der Waals surface area contributed by atoms with E-state index in [0.29, 0.717) is 5.69 Å². The molecule has 2 heterocycles. The van der Waals surface area contributed by atoms with E-state index in [-0.39, 0.29) is 4.88 Å². The van der Waals surface area contributed by atoms with Gasteiger partial charge in [0.15, 0.2) is 0 Å². The zero-order valence-corrected chi connectivity index (χ0v) is 10.4. The molecule has 0 bridgehead atoms. The van der Waals surface area contributed by atoms with Crippen LogP contribution in [0.3, 0.4) is 0 Å². The van der Waals surface area contributed by atoms with Crippen molar-refractivity contribution in [2.75, 3.05) is 5.73 Å². The number of rotatable bonds is 1. The zero-order chi connectivity index (χ0) is 12.0. The van der Waals surface area contributed by atoms with Crippen molar-refractivity contribution in [3.05, 3.63) is 34.7 Å². The van der Waals surface area contributed by atoms with Crippen molar-refractivity contribution in [1.29, 1.82) is 0 Å². The predicted octanol–water partition coefficient (Wildman–Crippen LogP) is 3.30. The summed E-state index contributed by atoms with van der Waals surface area (Å²) in [6.07, 6.45) is 0. The minimum Gasteiger partial charge on any atom is -0.477 e. The van der Waals surface area contributed by atoms with Crippen molar-refractivity contribution in [2.45, 2.75) is 10.6 Å². The number of carbonyl (C=O) groups is 1. The van der Waals surface area contributed by atoms with Gasteiger partial charge in [-0.1, -0.05) is 18.2 Å². The lowest BCUT2D eigenvalue weighted by atomic mass is 10.1. The highest BCUT2D eigenvalue weighted by molar-refractivity contribution is 7.98. The third-order valence-corrected chi connectivity index (χ3v) is 5.12. The number of carboxylic acid groups (broad SMARTS) is 1. The minimum absolute atomic E-state index is 0.257. The molecule has 17 heavy (non-hydrogen) atoms. The third kappa shape index (κ3) is 1.54. The Bertz CT molecular complexity index is 619. The number of hydrogen-bond acceptors (Lipinski definition) is 4. The summed E-state index contributed by atoms with van der Waals surface area (Å²) >= 11 is 2.98. The number of aromatic carboxylic acids is 1. The molecule has 86 valence electrons. The van der Waals surface area contributed by atoms with Crippen molar-refractivity contribution < 1.29 is 9.90 Å². The Kier molecular flexibility index (Phi) is 2.38. The molecule has 1 aliphatic rings. The number of benzene rings is 1. The summed E-state index contributed by atoms with van der Waals surface area (Å²) in [5.41, 5.74) is 8.40. The lowest BCUT2D eigenvalue weighted by molar-refractivity contribution is 0.0703. The van der Waals surface area contributed by atoms with E-state index in [1.54, 1.807) is 11.8 Å². The fraction of sp³-hybridized carbons (Fsp3) is 0.0833. The number of nitrogen functional groups attached to an aromatic ring is 1. The maximum atomic E-state index is 11.1. The number of thiophene rings is 1. The van der Waals surface area contributed by atoms with Gasteiger partial charge in [-0.3, -0.25) is 0 Å². The van der Waals surface area contributed by atoms with E-state index in [1.165, 1.54) is 16.2 Å². The topological polar surface area (TPSA) is 63.3 Å². The van der Waals surface area contributed by atoms with E-state index >= 15 is 0 Å². The van der Waals surface area contributed by atoms with Crippen molar-refractivity contribution >= 4 is 34.8 Å². The molecule has 3 rings (SSSR count). The predicted molar refractivity (Wildman–Crippen MR) is 70.7 cm³/mol. The first-order valence-corrected chi connectivity index (χ1v) is 6.85. The molecular weight excluding hydrogens is 254 g/mol. The van der Waals surface area contributed by atoms with Crippen LogP contribution in [0.4, 0.5) is 5.69 Å². The summed E-state index contributed by atoms with van der Waals surface area (Å²) in [5.74, 6) is -0.188. The van der Waals surface area contributed by atoms with Crippen LogP contribution in [0.25, 0.3) is 10.4 Å². The maximum absolute atomic E-state index is 11.1. The van der Waals surface area contributed by atoms with Crippen LogP contribution >= 0.6 is 23.1 Å². The lowest BCUT2D eigenvalue weighted by Crippen LogP contribution is -2.00. The van der Waals surface area contributed by atoms with Crippen LogP contribution in [0.2, 0.25) is 0 Å². The number of fused-ring (bicyclic) bond motifs is 3. The fourth-order valence-corrected chi connectivity index (χ4v) is 4.30. The number of thioether (sulfide) groups is 1. The zero-order valence-electron chi connectivity index (χ0n) is 8.77. The summed E-state index contributed by atoms with van der Waals surface area (Å²) in [4.78, 5) is 13.5. The summed E-state index contributed by atoms with van der Waals surface area (Å²) < 4.78 is 0. The van der Waals surface area contributed by atoms with Crippen molar-refractivity contribution in [2.24, 2.45) is 0 Å². The van der Waals surface area contributed by atoms with E-state index in [2.05, 4.69) is 6.07 Å². The molecule has 0 saturated heterocycles. The van der Waals surface area contributed by atoms with Crippen molar-refractivity contribution in [3.63, 3.8) is 0 Å². The molecule has 5 heteroatoms. The second kappa shape index (κ2) is 3.78. The van der Waals surface area contributed by atoms with Gasteiger partial charge in [0, 0.05) is 26.7 Å². The van der Waals surface area contributed by atoms with Crippen LogP contribution in [0.5, 0.6) is 0 Å². The standard InChI is InChI=1S/C12H9NO2S2/c13-9-7-5-16-8-4-2-1-3-6(8)10(7)17-11(9)12(14)15/h1-4H,5,13H2,(H,14,15). The molecule has 2 aromatic rings. The molecule has 3 N–H and O–H groups in total. The van der Waals surface area contributed by atoms with Gasteiger partial charge in [0.1, 0.15) is 4.88 Å². The molecule has 0 radical (unpaired) electrons. The molecule has 0 aliphatic carbocycles. The molecule has 1 aromatic heterocycles. The first-order chi connectivity index (χ1) is 8.18. The smallest absolute Gasteiger partial charge is 0.348 e. The molecule has 0 saturated carbocycles. The molecular formula is C12H9NO2S2. The van der Waals surface area contributed by atoms with E-state index in [9.17, 15) is 4.79 Å². The molecule has 0 unspecified atom stereocenters. The number of hydrogen-bond donors (Lipinski definition) is 2. The summed E-state index contributed by atoms with van der Waals surface area (Å²) in [5, 5.41) is 9.09. The van der Waals surface area contributed by atoms with Crippen LogP contribution in [-0.4, -0.2) is 11.1 Å². The molecule has 3 nitrogen and oxygen atoms in total. The molecule has 0 amide bonds. The van der Waals surface area contributed by atoms with Crippen LogP contribution in [0, 0.1) is 0 Å². The molecule has 1 aromatic carbocycles. The highest BCUT2D eigenvalue weighted by atomic mass is 32.2. The molecule has 0 fully saturated rings. The van der Waals surface area contributed by atoms with E-state index in [4.69, 9.17) is 10.8 Å². The summed E-state index contributed by atoms with van der Waals surface area (Å²) in [6.45, 7) is 0. The molecule has 0 spiro atoms. The first-order valence-electron chi connectivity index (χ1n) is 5.05. The van der Waals surface area contributed by atoms with Crippen LogP contribution in [-0.2, 0) is 5.75 Å². The number of carboxylic acids is 1. The number of nitrogens with two attached hydrogens (primary N) is 1. The van der Waals surface area contributed by atoms with Crippen LogP contribution in [0.1, 0.15) is 15.2 Å². The fourth-order valence-electron chi connectivity index (χ4n) is 1.93. The summed E-state index contributed by atoms with van der Waals surface area (Å²) in [7, 11) is 0. The van der Waals surface area contributed by atoms with Crippen molar-refractivity contribution in [3.8, 4) is 10.4 Å². The highest BCUT2D eigenvalue weighted by Gasteiger charge is 2.25. The van der Waals surface area contributed by atoms with E-state index < -0.39 is 5.97 Å². The lowest BCUT2D eigenvalue weighted by Gasteiger charge is -2.15. The Morgan fingerprint density at radius 2 is 2.12 bits per heavy atom. The average Bonchev–Trinajstić information content (AvgIpc) is 2.67. The average molecular weight is 263 g/mol. The quantitative estimate of drug-likeness (QED) is 0.828. The Morgan fingerprint density at radius 3 is 2.88 bits per heavy atom. The van der Waals surface area contributed by atoms with E-state index in [1.807, 2.05) is 18.2 Å². The van der Waals surface area contributed by atoms with Gasteiger partial charge < -0.3 is 10.8 Å². The van der Waals surface area contributed by atoms with Gasteiger partial charge in [0.2, 0.25) is 0 Å². The monoisotopic (exact) mass is 263 g/mol. The summed E-state index contributed by atoms with van der Waals surface area (Å²) in [6, 6.07) is 8.03. The van der Waals surface area contributed by atoms with Gasteiger partial charge in [-0.2, -0.15) is 0 Å². The Hall–Kier alpha value is -1.46.